The minimum Gasteiger partial charge on any atom is -0.381 e. The lowest BCUT2D eigenvalue weighted by Crippen LogP contribution is -2.31. The number of alkyl halides is 1. The standard InChI is InChI=1S/C12H18ClNO3S/c1-2-17-8-9-18(15,16)14-10-12(13)11-6-4-3-5-7-11/h3-7,12,14H,2,8-10H2,1H3. The van der Waals surface area contributed by atoms with Crippen molar-refractivity contribution in [2.75, 3.05) is 25.5 Å². The van der Waals surface area contributed by atoms with E-state index in [-0.39, 0.29) is 24.3 Å². The molecule has 4 nitrogen and oxygen atoms in total. The summed E-state index contributed by atoms with van der Waals surface area (Å²) in [5.41, 5.74) is 0.895. The first-order chi connectivity index (χ1) is 8.55. The van der Waals surface area contributed by atoms with E-state index in [1.807, 2.05) is 37.3 Å². The third-order valence-electron chi connectivity index (χ3n) is 2.34. The summed E-state index contributed by atoms with van der Waals surface area (Å²) in [5, 5.41) is -0.368. The van der Waals surface area contributed by atoms with Crippen LogP contribution in [0.25, 0.3) is 0 Å². The lowest BCUT2D eigenvalue weighted by molar-refractivity contribution is 0.163. The molecule has 0 aromatic heterocycles. The molecular weight excluding hydrogens is 274 g/mol. The third kappa shape index (κ3) is 5.82. The van der Waals surface area contributed by atoms with Crippen molar-refractivity contribution in [1.29, 1.82) is 0 Å². The summed E-state index contributed by atoms with van der Waals surface area (Å²) in [7, 11) is -3.32. The number of benzene rings is 1. The highest BCUT2D eigenvalue weighted by molar-refractivity contribution is 7.89. The molecule has 1 unspecified atom stereocenters. The predicted molar refractivity (Wildman–Crippen MR) is 73.3 cm³/mol. The molecule has 18 heavy (non-hydrogen) atoms. The van der Waals surface area contributed by atoms with Crippen LogP contribution in [0.3, 0.4) is 0 Å². The molecule has 0 heterocycles. The van der Waals surface area contributed by atoms with Crippen LogP contribution in [-0.4, -0.2) is 33.9 Å². The Kier molecular flexibility index (Phi) is 6.63. The second kappa shape index (κ2) is 7.74. The maximum Gasteiger partial charge on any atom is 0.213 e. The van der Waals surface area contributed by atoms with E-state index in [0.29, 0.717) is 6.61 Å². The van der Waals surface area contributed by atoms with E-state index < -0.39 is 10.0 Å². The first-order valence-corrected chi connectivity index (χ1v) is 7.88. The zero-order chi connectivity index (χ0) is 13.4. The predicted octanol–water partition coefficient (Wildman–Crippen LogP) is 1.92. The normalized spacial score (nSPS) is 13.4. The zero-order valence-electron chi connectivity index (χ0n) is 10.3. The Morgan fingerprint density at radius 3 is 2.61 bits per heavy atom. The molecule has 0 aliphatic rings. The Bertz CT molecular complexity index is 436. The van der Waals surface area contributed by atoms with Crippen LogP contribution in [0, 0.1) is 0 Å². The lowest BCUT2D eigenvalue weighted by atomic mass is 10.1. The Morgan fingerprint density at radius 1 is 1.33 bits per heavy atom. The van der Waals surface area contributed by atoms with Gasteiger partial charge in [0.15, 0.2) is 0 Å². The van der Waals surface area contributed by atoms with E-state index in [4.69, 9.17) is 16.3 Å². The van der Waals surface area contributed by atoms with Crippen molar-refractivity contribution >= 4 is 21.6 Å². The van der Waals surface area contributed by atoms with E-state index in [0.717, 1.165) is 5.56 Å². The Morgan fingerprint density at radius 2 is 2.00 bits per heavy atom. The fraction of sp³-hybridized carbons (Fsp3) is 0.500. The summed E-state index contributed by atoms with van der Waals surface area (Å²) in [6.07, 6.45) is 0. The maximum atomic E-state index is 11.6. The molecular formula is C12H18ClNO3S. The average Bonchev–Trinajstić information content (AvgIpc) is 2.37. The Hall–Kier alpha value is -0.620. The molecule has 1 N–H and O–H groups in total. The van der Waals surface area contributed by atoms with Gasteiger partial charge in [-0.1, -0.05) is 30.3 Å². The third-order valence-corrected chi connectivity index (χ3v) is 4.06. The monoisotopic (exact) mass is 291 g/mol. The summed E-state index contributed by atoms with van der Waals surface area (Å²) in [6, 6.07) is 9.36. The van der Waals surface area contributed by atoms with Crippen molar-refractivity contribution < 1.29 is 13.2 Å². The van der Waals surface area contributed by atoms with Gasteiger partial charge < -0.3 is 4.74 Å². The van der Waals surface area contributed by atoms with E-state index >= 15 is 0 Å². The van der Waals surface area contributed by atoms with Gasteiger partial charge in [0.1, 0.15) is 0 Å². The van der Waals surface area contributed by atoms with Gasteiger partial charge in [-0.3, -0.25) is 0 Å². The number of nitrogens with one attached hydrogen (secondary N) is 1. The average molecular weight is 292 g/mol. The second-order valence-corrected chi connectivity index (χ2v) is 6.20. The van der Waals surface area contributed by atoms with Gasteiger partial charge in [-0.05, 0) is 12.5 Å². The molecule has 0 bridgehead atoms. The number of hydrogen-bond acceptors (Lipinski definition) is 3. The molecule has 0 aliphatic carbocycles. The number of sulfonamides is 1. The topological polar surface area (TPSA) is 55.4 Å². The molecule has 0 amide bonds. The van der Waals surface area contributed by atoms with Crippen LogP contribution >= 0.6 is 11.6 Å². The van der Waals surface area contributed by atoms with Gasteiger partial charge in [0, 0.05) is 13.2 Å². The summed E-state index contributed by atoms with van der Waals surface area (Å²) < 4.78 is 30.7. The van der Waals surface area contributed by atoms with Crippen LogP contribution in [0.5, 0.6) is 0 Å². The second-order valence-electron chi connectivity index (χ2n) is 3.74. The first-order valence-electron chi connectivity index (χ1n) is 5.79. The van der Waals surface area contributed by atoms with Crippen LogP contribution in [0.2, 0.25) is 0 Å². The summed E-state index contributed by atoms with van der Waals surface area (Å²) in [4.78, 5) is 0. The van der Waals surface area contributed by atoms with E-state index in [1.165, 1.54) is 0 Å². The zero-order valence-corrected chi connectivity index (χ0v) is 11.9. The van der Waals surface area contributed by atoms with Crippen molar-refractivity contribution in [3.63, 3.8) is 0 Å². The number of halogens is 1. The minimum atomic E-state index is -3.32. The summed E-state index contributed by atoms with van der Waals surface area (Å²) in [5.74, 6) is -0.0424. The fourth-order valence-corrected chi connectivity index (χ4v) is 2.58. The van der Waals surface area contributed by atoms with Gasteiger partial charge >= 0.3 is 0 Å². The molecule has 0 fully saturated rings. The molecule has 6 heteroatoms. The van der Waals surface area contributed by atoms with E-state index in [9.17, 15) is 8.42 Å². The highest BCUT2D eigenvalue weighted by Crippen LogP contribution is 2.18. The fourth-order valence-electron chi connectivity index (χ4n) is 1.36. The molecule has 1 atom stereocenters. The van der Waals surface area contributed by atoms with Crippen molar-refractivity contribution in [3.05, 3.63) is 35.9 Å². The summed E-state index contributed by atoms with van der Waals surface area (Å²) >= 11 is 6.12. The summed E-state index contributed by atoms with van der Waals surface area (Å²) in [6.45, 7) is 2.71. The van der Waals surface area contributed by atoms with E-state index in [2.05, 4.69) is 4.72 Å². The number of ether oxygens (including phenoxy) is 1. The number of hydrogen-bond donors (Lipinski definition) is 1. The van der Waals surface area contributed by atoms with Crippen molar-refractivity contribution in [2.24, 2.45) is 0 Å². The molecule has 1 aromatic rings. The van der Waals surface area contributed by atoms with Crippen LogP contribution in [0.15, 0.2) is 30.3 Å². The molecule has 1 aromatic carbocycles. The Balaban J connectivity index is 2.40. The molecule has 102 valence electrons. The Labute approximate surface area is 113 Å². The van der Waals surface area contributed by atoms with Crippen LogP contribution < -0.4 is 4.72 Å². The highest BCUT2D eigenvalue weighted by atomic mass is 35.5. The lowest BCUT2D eigenvalue weighted by Gasteiger charge is -2.11. The van der Waals surface area contributed by atoms with Gasteiger partial charge in [-0.2, -0.15) is 0 Å². The van der Waals surface area contributed by atoms with E-state index in [1.54, 1.807) is 0 Å². The minimum absolute atomic E-state index is 0.0424. The van der Waals surface area contributed by atoms with Crippen LogP contribution in [0.1, 0.15) is 17.9 Å². The first kappa shape index (κ1) is 15.4. The van der Waals surface area contributed by atoms with Gasteiger partial charge in [-0.15, -0.1) is 11.6 Å². The number of rotatable bonds is 8. The maximum absolute atomic E-state index is 11.6. The van der Waals surface area contributed by atoms with Gasteiger partial charge in [0.2, 0.25) is 10.0 Å². The molecule has 0 spiro atoms. The van der Waals surface area contributed by atoms with Gasteiger partial charge in [-0.25, -0.2) is 13.1 Å². The highest BCUT2D eigenvalue weighted by Gasteiger charge is 2.13. The van der Waals surface area contributed by atoms with Gasteiger partial charge in [0.25, 0.3) is 0 Å². The van der Waals surface area contributed by atoms with Crippen molar-refractivity contribution in [1.82, 2.24) is 4.72 Å². The molecule has 0 saturated heterocycles. The molecule has 0 radical (unpaired) electrons. The smallest absolute Gasteiger partial charge is 0.213 e. The molecule has 1 rings (SSSR count). The largest absolute Gasteiger partial charge is 0.381 e. The van der Waals surface area contributed by atoms with Crippen LogP contribution in [0.4, 0.5) is 0 Å². The quantitative estimate of drug-likeness (QED) is 0.588. The van der Waals surface area contributed by atoms with Gasteiger partial charge in [0.05, 0.1) is 17.7 Å². The van der Waals surface area contributed by atoms with Crippen molar-refractivity contribution in [2.45, 2.75) is 12.3 Å². The molecule has 0 saturated carbocycles. The molecule has 0 aliphatic heterocycles. The van der Waals surface area contributed by atoms with Crippen molar-refractivity contribution in [3.8, 4) is 0 Å². The SMILES string of the molecule is CCOCCS(=O)(=O)NCC(Cl)c1ccccc1. The van der Waals surface area contributed by atoms with Crippen LogP contribution in [-0.2, 0) is 14.8 Å².